The van der Waals surface area contributed by atoms with Crippen molar-refractivity contribution in [3.8, 4) is 5.75 Å². The van der Waals surface area contributed by atoms with E-state index in [1.165, 1.54) is 4.90 Å². The first-order valence-corrected chi connectivity index (χ1v) is 7.94. The topological polar surface area (TPSA) is 75.9 Å². The number of ether oxygens (including phenoxy) is 1. The van der Waals surface area contributed by atoms with E-state index in [-0.39, 0.29) is 48.8 Å². The van der Waals surface area contributed by atoms with Gasteiger partial charge in [0.25, 0.3) is 5.91 Å². The summed E-state index contributed by atoms with van der Waals surface area (Å²) in [4.78, 5) is 28.2. The Bertz CT molecular complexity index is 635. The molecule has 0 spiro atoms. The Labute approximate surface area is 148 Å². The summed E-state index contributed by atoms with van der Waals surface area (Å²) in [7, 11) is 0. The van der Waals surface area contributed by atoms with Crippen LogP contribution in [-0.2, 0) is 9.59 Å². The van der Waals surface area contributed by atoms with Gasteiger partial charge in [0.1, 0.15) is 12.3 Å². The van der Waals surface area contributed by atoms with Gasteiger partial charge in [-0.1, -0.05) is 26.0 Å². The SMILES string of the molecule is CC1(C)CN(C(=O)CN2C(=O)COc3ccccc32)CCC1N.Cl. The van der Waals surface area contributed by atoms with E-state index in [0.29, 0.717) is 24.5 Å². The molecule has 24 heavy (non-hydrogen) atoms. The fourth-order valence-corrected chi connectivity index (χ4v) is 3.15. The lowest BCUT2D eigenvalue weighted by atomic mass is 9.79. The van der Waals surface area contributed by atoms with E-state index in [2.05, 4.69) is 13.8 Å². The number of piperidine rings is 1. The molecule has 7 heteroatoms. The Morgan fingerprint density at radius 1 is 1.38 bits per heavy atom. The number of halogens is 1. The lowest BCUT2D eigenvalue weighted by Crippen LogP contribution is -2.56. The summed E-state index contributed by atoms with van der Waals surface area (Å²) in [5.41, 5.74) is 6.67. The number of carbonyl (C=O) groups excluding carboxylic acids is 2. The van der Waals surface area contributed by atoms with Crippen molar-refractivity contribution >= 4 is 29.9 Å². The second-order valence-electron chi connectivity index (χ2n) is 6.94. The van der Waals surface area contributed by atoms with Gasteiger partial charge in [-0.05, 0) is 24.0 Å². The molecular weight excluding hydrogens is 330 g/mol. The lowest BCUT2D eigenvalue weighted by molar-refractivity contribution is -0.134. The smallest absolute Gasteiger partial charge is 0.265 e. The van der Waals surface area contributed by atoms with E-state index in [1.807, 2.05) is 23.1 Å². The Balaban J connectivity index is 0.00000208. The fraction of sp³-hybridized carbons (Fsp3) is 0.529. The largest absolute Gasteiger partial charge is 0.482 e. The predicted molar refractivity (Wildman–Crippen MR) is 94.5 cm³/mol. The van der Waals surface area contributed by atoms with Crippen molar-refractivity contribution in [1.82, 2.24) is 4.90 Å². The highest BCUT2D eigenvalue weighted by molar-refractivity contribution is 6.02. The van der Waals surface area contributed by atoms with Crippen LogP contribution in [0.25, 0.3) is 0 Å². The van der Waals surface area contributed by atoms with Crippen molar-refractivity contribution in [2.45, 2.75) is 26.3 Å². The molecule has 1 saturated heterocycles. The number of fused-ring (bicyclic) bond motifs is 1. The molecule has 0 aromatic heterocycles. The van der Waals surface area contributed by atoms with Gasteiger partial charge in [0.05, 0.1) is 5.69 Å². The van der Waals surface area contributed by atoms with Gasteiger partial charge in [0.2, 0.25) is 5.91 Å². The number of nitrogens with zero attached hydrogens (tertiary/aromatic N) is 2. The first-order chi connectivity index (χ1) is 10.9. The van der Waals surface area contributed by atoms with Gasteiger partial charge in [-0.15, -0.1) is 12.4 Å². The lowest BCUT2D eigenvalue weighted by Gasteiger charge is -2.43. The maximum absolute atomic E-state index is 12.7. The zero-order chi connectivity index (χ0) is 16.6. The van der Waals surface area contributed by atoms with E-state index in [0.717, 1.165) is 6.42 Å². The third-order valence-corrected chi connectivity index (χ3v) is 4.77. The number of para-hydroxylation sites is 2. The molecule has 0 aliphatic carbocycles. The number of hydrogen-bond donors (Lipinski definition) is 1. The number of carbonyl (C=O) groups is 2. The van der Waals surface area contributed by atoms with Crippen LogP contribution >= 0.6 is 12.4 Å². The standard InChI is InChI=1S/C17H23N3O3.ClH/c1-17(2)11-19(8-7-14(17)18)15(21)9-20-12-5-3-4-6-13(12)23-10-16(20)22;/h3-6,14H,7-11,18H2,1-2H3;1H. The van der Waals surface area contributed by atoms with Crippen LogP contribution in [-0.4, -0.2) is 49.0 Å². The van der Waals surface area contributed by atoms with Gasteiger partial charge < -0.3 is 15.4 Å². The summed E-state index contributed by atoms with van der Waals surface area (Å²) in [6.07, 6.45) is 0.784. The molecule has 132 valence electrons. The van der Waals surface area contributed by atoms with Gasteiger partial charge in [-0.2, -0.15) is 0 Å². The summed E-state index contributed by atoms with van der Waals surface area (Å²) in [5, 5.41) is 0. The zero-order valence-corrected chi connectivity index (χ0v) is 14.8. The minimum Gasteiger partial charge on any atom is -0.482 e. The zero-order valence-electron chi connectivity index (χ0n) is 14.0. The second kappa shape index (κ2) is 6.99. The van der Waals surface area contributed by atoms with Crippen LogP contribution in [0.2, 0.25) is 0 Å². The summed E-state index contributed by atoms with van der Waals surface area (Å²) in [5.74, 6) is 0.404. The third-order valence-electron chi connectivity index (χ3n) is 4.77. The number of hydrogen-bond acceptors (Lipinski definition) is 4. The molecule has 2 aliphatic heterocycles. The number of amides is 2. The van der Waals surface area contributed by atoms with Gasteiger partial charge in [-0.3, -0.25) is 14.5 Å². The molecule has 1 aromatic rings. The highest BCUT2D eigenvalue weighted by Gasteiger charge is 2.36. The van der Waals surface area contributed by atoms with E-state index < -0.39 is 0 Å². The average Bonchev–Trinajstić information content (AvgIpc) is 2.52. The average molecular weight is 354 g/mol. The minimum atomic E-state index is -0.190. The predicted octanol–water partition coefficient (Wildman–Crippen LogP) is 1.42. The summed E-state index contributed by atoms with van der Waals surface area (Å²) >= 11 is 0. The van der Waals surface area contributed by atoms with Crippen molar-refractivity contribution in [2.75, 3.05) is 31.1 Å². The van der Waals surface area contributed by atoms with Gasteiger partial charge in [0.15, 0.2) is 6.61 Å². The van der Waals surface area contributed by atoms with E-state index in [4.69, 9.17) is 10.5 Å². The molecule has 0 radical (unpaired) electrons. The quantitative estimate of drug-likeness (QED) is 0.872. The minimum absolute atomic E-state index is 0. The molecule has 0 saturated carbocycles. The molecule has 2 amide bonds. The first kappa shape index (κ1) is 18.5. The van der Waals surface area contributed by atoms with E-state index in [1.54, 1.807) is 6.07 Å². The number of benzene rings is 1. The number of likely N-dealkylation sites (tertiary alicyclic amines) is 1. The molecule has 2 heterocycles. The number of nitrogens with two attached hydrogens (primary N) is 1. The summed E-state index contributed by atoms with van der Waals surface area (Å²) in [6.45, 7) is 5.43. The van der Waals surface area contributed by atoms with Crippen LogP contribution in [0.5, 0.6) is 5.75 Å². The summed E-state index contributed by atoms with van der Waals surface area (Å²) < 4.78 is 5.41. The van der Waals surface area contributed by atoms with Crippen molar-refractivity contribution in [1.29, 1.82) is 0 Å². The molecule has 1 fully saturated rings. The van der Waals surface area contributed by atoms with Crippen molar-refractivity contribution in [3.05, 3.63) is 24.3 Å². The maximum atomic E-state index is 12.7. The molecule has 1 atom stereocenters. The Morgan fingerprint density at radius 2 is 2.08 bits per heavy atom. The van der Waals surface area contributed by atoms with Crippen LogP contribution in [0.15, 0.2) is 24.3 Å². The summed E-state index contributed by atoms with van der Waals surface area (Å²) in [6, 6.07) is 7.39. The Morgan fingerprint density at radius 3 is 2.79 bits per heavy atom. The fourth-order valence-electron chi connectivity index (χ4n) is 3.15. The molecule has 6 nitrogen and oxygen atoms in total. The first-order valence-electron chi connectivity index (χ1n) is 7.94. The molecule has 1 aromatic carbocycles. The van der Waals surface area contributed by atoms with Gasteiger partial charge in [-0.25, -0.2) is 0 Å². The van der Waals surface area contributed by atoms with Crippen molar-refractivity contribution in [2.24, 2.45) is 11.1 Å². The van der Waals surface area contributed by atoms with Gasteiger partial charge in [0, 0.05) is 19.1 Å². The maximum Gasteiger partial charge on any atom is 0.265 e. The second-order valence-corrected chi connectivity index (χ2v) is 6.94. The monoisotopic (exact) mass is 353 g/mol. The highest BCUT2D eigenvalue weighted by atomic mass is 35.5. The Kier molecular flexibility index (Phi) is 5.40. The van der Waals surface area contributed by atoms with Crippen LogP contribution in [0, 0.1) is 5.41 Å². The molecule has 1 unspecified atom stereocenters. The van der Waals surface area contributed by atoms with Crippen LogP contribution < -0.4 is 15.4 Å². The van der Waals surface area contributed by atoms with Crippen LogP contribution in [0.3, 0.4) is 0 Å². The molecule has 2 N–H and O–H groups in total. The molecule has 2 aliphatic rings. The number of anilines is 1. The van der Waals surface area contributed by atoms with Gasteiger partial charge >= 0.3 is 0 Å². The molecular formula is C17H24ClN3O3. The van der Waals surface area contributed by atoms with Crippen molar-refractivity contribution < 1.29 is 14.3 Å². The molecule has 0 bridgehead atoms. The molecule has 3 rings (SSSR count). The Hall–Kier alpha value is -1.79. The van der Waals surface area contributed by atoms with Crippen LogP contribution in [0.4, 0.5) is 5.69 Å². The normalized spacial score (nSPS) is 22.3. The van der Waals surface area contributed by atoms with Crippen molar-refractivity contribution in [3.63, 3.8) is 0 Å². The van der Waals surface area contributed by atoms with E-state index >= 15 is 0 Å². The van der Waals surface area contributed by atoms with E-state index in [9.17, 15) is 9.59 Å². The number of rotatable bonds is 2. The highest BCUT2D eigenvalue weighted by Crippen LogP contribution is 2.32. The van der Waals surface area contributed by atoms with Crippen LogP contribution in [0.1, 0.15) is 20.3 Å². The third kappa shape index (κ3) is 3.49.